The maximum atomic E-state index is 12.4. The van der Waals surface area contributed by atoms with Gasteiger partial charge >= 0.3 is 0 Å². The number of hydrogen-bond donors (Lipinski definition) is 1. The maximum absolute atomic E-state index is 12.4. The minimum Gasteiger partial charge on any atom is -0.493 e. The predicted octanol–water partition coefficient (Wildman–Crippen LogP) is 7.13. The summed E-state index contributed by atoms with van der Waals surface area (Å²) in [6.07, 6.45) is 1.76. The van der Waals surface area contributed by atoms with Crippen molar-refractivity contribution < 1.29 is 14.3 Å². The summed E-state index contributed by atoms with van der Waals surface area (Å²) in [5, 5.41) is 4.68. The van der Waals surface area contributed by atoms with Gasteiger partial charge in [0.2, 0.25) is 0 Å². The number of ether oxygens (including phenoxy) is 2. The van der Waals surface area contributed by atoms with E-state index in [0.29, 0.717) is 48.9 Å². The quantitative estimate of drug-likeness (QED) is 0.352. The summed E-state index contributed by atoms with van der Waals surface area (Å²) in [5.74, 6) is 0.881. The minimum atomic E-state index is -0.239. The fourth-order valence-electron chi connectivity index (χ4n) is 2.97. The standard InChI is InChI=1S/C24H17Cl3N2O3S/c1-31-21-10-14(6-9-20(21)32-13-15-4-2-3-5-17(15)25)11-22-23(30)29-24(33-22)28-16-7-8-18(26)19(27)12-16/h2-12H,13H2,1H3,(H,28,29,30). The zero-order chi connectivity index (χ0) is 23.4. The molecule has 3 aromatic rings. The van der Waals surface area contributed by atoms with Gasteiger partial charge in [0, 0.05) is 10.6 Å². The molecule has 1 heterocycles. The summed E-state index contributed by atoms with van der Waals surface area (Å²) in [4.78, 5) is 17.3. The lowest BCUT2D eigenvalue weighted by molar-refractivity contribution is -0.115. The van der Waals surface area contributed by atoms with Crippen molar-refractivity contribution in [1.29, 1.82) is 0 Å². The molecule has 33 heavy (non-hydrogen) atoms. The van der Waals surface area contributed by atoms with Crippen LogP contribution in [-0.2, 0) is 11.4 Å². The van der Waals surface area contributed by atoms with Crippen LogP contribution in [0.5, 0.6) is 11.5 Å². The first-order valence-electron chi connectivity index (χ1n) is 9.72. The van der Waals surface area contributed by atoms with Crippen LogP contribution in [0.3, 0.4) is 0 Å². The smallest absolute Gasteiger partial charge is 0.264 e. The van der Waals surface area contributed by atoms with Gasteiger partial charge in [-0.15, -0.1) is 0 Å². The third-order valence-electron chi connectivity index (χ3n) is 4.61. The number of methoxy groups -OCH3 is 1. The fraction of sp³-hybridized carbons (Fsp3) is 0.0833. The number of benzene rings is 3. The average Bonchev–Trinajstić information content (AvgIpc) is 3.14. The van der Waals surface area contributed by atoms with Gasteiger partial charge < -0.3 is 14.8 Å². The molecule has 1 amide bonds. The molecule has 1 aliphatic heterocycles. The van der Waals surface area contributed by atoms with Gasteiger partial charge in [-0.3, -0.25) is 4.79 Å². The Labute approximate surface area is 210 Å². The Balaban J connectivity index is 1.50. The van der Waals surface area contributed by atoms with E-state index in [9.17, 15) is 4.79 Å². The number of carbonyl (C=O) groups is 1. The van der Waals surface area contributed by atoms with Gasteiger partial charge in [-0.1, -0.05) is 59.1 Å². The van der Waals surface area contributed by atoms with Crippen LogP contribution >= 0.6 is 46.6 Å². The van der Waals surface area contributed by atoms with E-state index < -0.39 is 0 Å². The highest BCUT2D eigenvalue weighted by Gasteiger charge is 2.24. The first-order valence-corrected chi connectivity index (χ1v) is 11.7. The van der Waals surface area contributed by atoms with E-state index in [4.69, 9.17) is 44.3 Å². The highest BCUT2D eigenvalue weighted by Crippen LogP contribution is 2.34. The molecule has 0 radical (unpaired) electrons. The van der Waals surface area contributed by atoms with Gasteiger partial charge in [-0.25, -0.2) is 4.99 Å². The molecular weight excluding hydrogens is 503 g/mol. The van der Waals surface area contributed by atoms with Gasteiger partial charge in [-0.2, -0.15) is 0 Å². The van der Waals surface area contributed by atoms with E-state index >= 15 is 0 Å². The first-order chi connectivity index (χ1) is 15.9. The third kappa shape index (κ3) is 5.84. The van der Waals surface area contributed by atoms with Crippen LogP contribution in [0.2, 0.25) is 15.1 Å². The Morgan fingerprint density at radius 2 is 1.79 bits per heavy atom. The average molecular weight is 520 g/mol. The van der Waals surface area contributed by atoms with Crippen LogP contribution in [0, 0.1) is 0 Å². The SMILES string of the molecule is COc1cc(C=C2SC(=Nc3ccc(Cl)c(Cl)c3)NC2=O)ccc1OCc1ccccc1Cl. The van der Waals surface area contributed by atoms with E-state index in [1.54, 1.807) is 43.5 Å². The summed E-state index contributed by atoms with van der Waals surface area (Å²) in [6, 6.07) is 18.0. The molecule has 0 aromatic heterocycles. The number of halogens is 3. The van der Waals surface area contributed by atoms with Crippen molar-refractivity contribution in [2.45, 2.75) is 6.61 Å². The lowest BCUT2D eigenvalue weighted by Gasteiger charge is -2.12. The molecule has 0 unspecified atom stereocenters. The van der Waals surface area contributed by atoms with Crippen molar-refractivity contribution in [2.75, 3.05) is 7.11 Å². The van der Waals surface area contributed by atoms with Gasteiger partial charge in [0.25, 0.3) is 5.91 Å². The Kier molecular flexibility index (Phi) is 7.50. The van der Waals surface area contributed by atoms with E-state index in [1.165, 1.54) is 11.8 Å². The molecule has 1 saturated heterocycles. The molecule has 0 saturated carbocycles. The van der Waals surface area contributed by atoms with Crippen LogP contribution < -0.4 is 14.8 Å². The predicted molar refractivity (Wildman–Crippen MR) is 136 cm³/mol. The Bertz CT molecular complexity index is 1280. The number of rotatable bonds is 6. The van der Waals surface area contributed by atoms with Crippen LogP contribution in [0.1, 0.15) is 11.1 Å². The Morgan fingerprint density at radius 3 is 2.55 bits per heavy atom. The molecule has 5 nitrogen and oxygen atoms in total. The number of nitrogens with one attached hydrogen (secondary N) is 1. The lowest BCUT2D eigenvalue weighted by atomic mass is 10.2. The van der Waals surface area contributed by atoms with Crippen molar-refractivity contribution in [3.8, 4) is 11.5 Å². The number of amides is 1. The lowest BCUT2D eigenvalue weighted by Crippen LogP contribution is -2.19. The highest BCUT2D eigenvalue weighted by molar-refractivity contribution is 8.18. The van der Waals surface area contributed by atoms with E-state index in [2.05, 4.69) is 10.3 Å². The largest absolute Gasteiger partial charge is 0.493 e. The zero-order valence-corrected chi connectivity index (χ0v) is 20.4. The highest BCUT2D eigenvalue weighted by atomic mass is 35.5. The van der Waals surface area contributed by atoms with Gasteiger partial charge in [-0.05, 0) is 59.8 Å². The van der Waals surface area contributed by atoms with Gasteiger partial charge in [0.15, 0.2) is 16.7 Å². The molecule has 0 aliphatic carbocycles. The van der Waals surface area contributed by atoms with Crippen molar-refractivity contribution in [3.05, 3.63) is 91.8 Å². The van der Waals surface area contributed by atoms with E-state index in [1.807, 2.05) is 30.3 Å². The second-order valence-electron chi connectivity index (χ2n) is 6.87. The summed E-state index contributed by atoms with van der Waals surface area (Å²) in [7, 11) is 1.56. The van der Waals surface area contributed by atoms with Crippen LogP contribution in [-0.4, -0.2) is 18.2 Å². The van der Waals surface area contributed by atoms with Crippen LogP contribution in [0.15, 0.2) is 70.6 Å². The molecule has 0 spiro atoms. The van der Waals surface area contributed by atoms with Gasteiger partial charge in [0.1, 0.15) is 6.61 Å². The maximum Gasteiger partial charge on any atom is 0.264 e. The van der Waals surface area contributed by atoms with E-state index in [-0.39, 0.29) is 5.91 Å². The minimum absolute atomic E-state index is 0.239. The second kappa shape index (κ2) is 10.5. The van der Waals surface area contributed by atoms with Crippen molar-refractivity contribution >= 4 is 69.4 Å². The van der Waals surface area contributed by atoms with Crippen LogP contribution in [0.25, 0.3) is 6.08 Å². The molecule has 3 aromatic carbocycles. The zero-order valence-electron chi connectivity index (χ0n) is 17.3. The number of thioether (sulfide) groups is 1. The normalized spacial score (nSPS) is 15.7. The van der Waals surface area contributed by atoms with Gasteiger partial charge in [0.05, 0.1) is 27.7 Å². The first kappa shape index (κ1) is 23.5. The number of amidine groups is 1. The summed E-state index contributed by atoms with van der Waals surface area (Å²) < 4.78 is 11.4. The molecular formula is C24H17Cl3N2O3S. The Morgan fingerprint density at radius 1 is 0.970 bits per heavy atom. The molecule has 168 valence electrons. The molecule has 0 atom stereocenters. The summed E-state index contributed by atoms with van der Waals surface area (Å²) in [6.45, 7) is 0.309. The third-order valence-corrected chi connectivity index (χ3v) is 6.63. The molecule has 1 aliphatic rings. The number of hydrogen-bond acceptors (Lipinski definition) is 5. The summed E-state index contributed by atoms with van der Waals surface area (Å²) >= 11 is 19.4. The molecule has 1 N–H and O–H groups in total. The number of aliphatic imine (C=N–C) groups is 1. The Hall–Kier alpha value is -2.64. The fourth-order valence-corrected chi connectivity index (χ4v) is 4.29. The number of carbonyl (C=O) groups excluding carboxylic acids is 1. The van der Waals surface area contributed by atoms with Crippen molar-refractivity contribution in [3.63, 3.8) is 0 Å². The second-order valence-corrected chi connectivity index (χ2v) is 9.12. The monoisotopic (exact) mass is 518 g/mol. The molecule has 0 bridgehead atoms. The van der Waals surface area contributed by atoms with Crippen molar-refractivity contribution in [2.24, 2.45) is 4.99 Å². The molecule has 9 heteroatoms. The molecule has 4 rings (SSSR count). The molecule has 1 fully saturated rings. The van der Waals surface area contributed by atoms with Crippen molar-refractivity contribution in [1.82, 2.24) is 5.32 Å². The number of nitrogens with zero attached hydrogens (tertiary/aromatic N) is 1. The topological polar surface area (TPSA) is 59.9 Å². The van der Waals surface area contributed by atoms with E-state index in [0.717, 1.165) is 11.1 Å². The summed E-state index contributed by atoms with van der Waals surface area (Å²) in [5.41, 5.74) is 2.25. The van der Waals surface area contributed by atoms with Crippen LogP contribution in [0.4, 0.5) is 5.69 Å².